The van der Waals surface area contributed by atoms with E-state index in [1.807, 2.05) is 0 Å². The van der Waals surface area contributed by atoms with E-state index in [-0.39, 0.29) is 24.5 Å². The minimum absolute atomic E-state index is 0.0127. The monoisotopic (exact) mass is 227 g/mol. The van der Waals surface area contributed by atoms with Crippen molar-refractivity contribution in [2.45, 2.75) is 44.2 Å². The van der Waals surface area contributed by atoms with Crippen LogP contribution in [0.15, 0.2) is 0 Å². The van der Waals surface area contributed by atoms with Crippen molar-refractivity contribution >= 4 is 11.9 Å². The highest BCUT2D eigenvalue weighted by atomic mass is 16.5. The molecule has 0 aromatic rings. The molecule has 1 amide bonds. The van der Waals surface area contributed by atoms with Gasteiger partial charge in [-0.25, -0.2) is 0 Å². The van der Waals surface area contributed by atoms with Crippen LogP contribution in [0.1, 0.15) is 32.1 Å². The number of nitrogens with zero attached hydrogens (tertiary/aromatic N) is 1. The van der Waals surface area contributed by atoms with Crippen molar-refractivity contribution in [2.24, 2.45) is 0 Å². The molecule has 0 aromatic heterocycles. The summed E-state index contributed by atoms with van der Waals surface area (Å²) in [5.41, 5.74) is 0. The zero-order valence-electron chi connectivity index (χ0n) is 9.22. The van der Waals surface area contributed by atoms with E-state index >= 15 is 0 Å². The van der Waals surface area contributed by atoms with Gasteiger partial charge in [-0.1, -0.05) is 0 Å². The first-order chi connectivity index (χ1) is 7.68. The van der Waals surface area contributed by atoms with E-state index < -0.39 is 5.97 Å². The molecule has 16 heavy (non-hydrogen) atoms. The Kier molecular flexibility index (Phi) is 3.43. The molecule has 90 valence electrons. The number of aliphatic carboxylic acids is 1. The van der Waals surface area contributed by atoms with Crippen molar-refractivity contribution < 1.29 is 19.4 Å². The molecular weight excluding hydrogens is 210 g/mol. The highest BCUT2D eigenvalue weighted by Crippen LogP contribution is 2.29. The second-order valence-corrected chi connectivity index (χ2v) is 4.41. The Morgan fingerprint density at radius 1 is 1.31 bits per heavy atom. The van der Waals surface area contributed by atoms with Crippen molar-refractivity contribution in [3.8, 4) is 0 Å². The molecule has 0 radical (unpaired) electrons. The Morgan fingerprint density at radius 3 is 2.56 bits per heavy atom. The highest BCUT2D eigenvalue weighted by molar-refractivity contribution is 5.82. The van der Waals surface area contributed by atoms with Crippen LogP contribution in [-0.2, 0) is 14.3 Å². The average Bonchev–Trinajstić information content (AvgIpc) is 2.93. The summed E-state index contributed by atoms with van der Waals surface area (Å²) in [5.74, 6) is -0.868. The van der Waals surface area contributed by atoms with Crippen LogP contribution in [0.2, 0.25) is 0 Å². The second-order valence-electron chi connectivity index (χ2n) is 4.41. The molecule has 2 rings (SSSR count). The molecule has 2 fully saturated rings. The summed E-state index contributed by atoms with van der Waals surface area (Å²) in [6, 6.07) is 0.260. The fraction of sp³-hybridized carbons (Fsp3) is 0.818. The Hall–Kier alpha value is -1.10. The van der Waals surface area contributed by atoms with E-state index in [0.29, 0.717) is 13.2 Å². The highest BCUT2D eigenvalue weighted by Gasteiger charge is 2.37. The molecule has 1 aliphatic heterocycles. The zero-order valence-corrected chi connectivity index (χ0v) is 9.22. The van der Waals surface area contributed by atoms with Gasteiger partial charge in [-0.15, -0.1) is 0 Å². The Labute approximate surface area is 94.4 Å². The van der Waals surface area contributed by atoms with Gasteiger partial charge in [0, 0.05) is 19.2 Å². The number of ether oxygens (including phenoxy) is 1. The molecule has 1 atom stereocenters. The van der Waals surface area contributed by atoms with Crippen molar-refractivity contribution in [1.82, 2.24) is 4.90 Å². The van der Waals surface area contributed by atoms with Crippen LogP contribution in [0.4, 0.5) is 0 Å². The summed E-state index contributed by atoms with van der Waals surface area (Å²) in [7, 11) is 0. The maximum absolute atomic E-state index is 12.0. The van der Waals surface area contributed by atoms with Gasteiger partial charge in [-0.05, 0) is 25.7 Å². The lowest BCUT2D eigenvalue weighted by Gasteiger charge is -2.24. The van der Waals surface area contributed by atoms with E-state index in [4.69, 9.17) is 9.84 Å². The van der Waals surface area contributed by atoms with Crippen LogP contribution in [-0.4, -0.2) is 47.2 Å². The van der Waals surface area contributed by atoms with Crippen LogP contribution in [0.3, 0.4) is 0 Å². The lowest BCUT2D eigenvalue weighted by atomic mass is 10.2. The first-order valence-corrected chi connectivity index (χ1v) is 5.82. The summed E-state index contributed by atoms with van der Waals surface area (Å²) >= 11 is 0. The number of carboxylic acids is 1. The second kappa shape index (κ2) is 4.82. The van der Waals surface area contributed by atoms with Crippen LogP contribution in [0.25, 0.3) is 0 Å². The van der Waals surface area contributed by atoms with Gasteiger partial charge in [0.25, 0.3) is 5.91 Å². The fourth-order valence-electron chi connectivity index (χ4n) is 2.03. The first kappa shape index (κ1) is 11.4. The Morgan fingerprint density at radius 2 is 2.06 bits per heavy atom. The van der Waals surface area contributed by atoms with Gasteiger partial charge in [0.05, 0.1) is 6.42 Å². The number of carbonyl (C=O) groups is 2. The normalized spacial score (nSPS) is 24.4. The summed E-state index contributed by atoms with van der Waals surface area (Å²) in [6.07, 6.45) is 3.39. The maximum Gasteiger partial charge on any atom is 0.305 e. The third kappa shape index (κ3) is 2.72. The summed E-state index contributed by atoms with van der Waals surface area (Å²) < 4.78 is 5.34. The Balaban J connectivity index is 1.89. The van der Waals surface area contributed by atoms with Gasteiger partial charge < -0.3 is 14.7 Å². The van der Waals surface area contributed by atoms with Crippen LogP contribution in [0, 0.1) is 0 Å². The standard InChI is InChI=1S/C11H17NO4/c13-10(14)5-6-12(8-3-4-8)11(15)9-2-1-7-16-9/h8-9H,1-7H2,(H,13,14)/t9-/m1/s1. The van der Waals surface area contributed by atoms with Gasteiger partial charge in [0.15, 0.2) is 0 Å². The van der Waals surface area contributed by atoms with E-state index in [1.165, 1.54) is 0 Å². The predicted octanol–water partition coefficient (Wildman–Crippen LogP) is 0.631. The quantitative estimate of drug-likeness (QED) is 0.748. The topological polar surface area (TPSA) is 66.8 Å². The molecule has 1 aliphatic carbocycles. The minimum Gasteiger partial charge on any atom is -0.481 e. The first-order valence-electron chi connectivity index (χ1n) is 5.82. The van der Waals surface area contributed by atoms with E-state index in [0.717, 1.165) is 25.7 Å². The average molecular weight is 227 g/mol. The largest absolute Gasteiger partial charge is 0.481 e. The van der Waals surface area contributed by atoms with Gasteiger partial charge in [-0.2, -0.15) is 0 Å². The molecule has 1 N–H and O–H groups in total. The lowest BCUT2D eigenvalue weighted by molar-refractivity contribution is -0.143. The molecule has 0 bridgehead atoms. The maximum atomic E-state index is 12.0. The van der Waals surface area contributed by atoms with Gasteiger partial charge in [0.1, 0.15) is 6.10 Å². The zero-order chi connectivity index (χ0) is 11.5. The molecule has 0 aromatic carbocycles. The van der Waals surface area contributed by atoms with Crippen LogP contribution < -0.4 is 0 Å². The molecule has 1 heterocycles. The van der Waals surface area contributed by atoms with Gasteiger partial charge in [-0.3, -0.25) is 9.59 Å². The van der Waals surface area contributed by atoms with E-state index in [2.05, 4.69) is 0 Å². The number of carboxylic acid groups (broad SMARTS) is 1. The molecule has 2 aliphatic rings. The van der Waals surface area contributed by atoms with Crippen LogP contribution >= 0.6 is 0 Å². The van der Waals surface area contributed by atoms with Crippen LogP contribution in [0.5, 0.6) is 0 Å². The molecule has 5 nitrogen and oxygen atoms in total. The third-order valence-corrected chi connectivity index (χ3v) is 3.04. The summed E-state index contributed by atoms with van der Waals surface area (Å²) in [4.78, 5) is 24.3. The molecule has 5 heteroatoms. The number of hydrogen-bond donors (Lipinski definition) is 1. The SMILES string of the molecule is O=C(O)CCN(C(=O)[C@H]1CCCO1)C1CC1. The van der Waals surface area contributed by atoms with Crippen molar-refractivity contribution in [1.29, 1.82) is 0 Å². The number of carbonyl (C=O) groups excluding carboxylic acids is 1. The fourth-order valence-corrected chi connectivity index (χ4v) is 2.03. The smallest absolute Gasteiger partial charge is 0.305 e. The third-order valence-electron chi connectivity index (χ3n) is 3.04. The molecule has 0 spiro atoms. The molecule has 1 saturated carbocycles. The van der Waals surface area contributed by atoms with E-state index in [1.54, 1.807) is 4.90 Å². The summed E-state index contributed by atoms with van der Waals surface area (Å²) in [6.45, 7) is 0.965. The summed E-state index contributed by atoms with van der Waals surface area (Å²) in [5, 5.41) is 8.64. The van der Waals surface area contributed by atoms with Crippen molar-refractivity contribution in [3.63, 3.8) is 0 Å². The predicted molar refractivity (Wildman–Crippen MR) is 56.0 cm³/mol. The molecular formula is C11H17NO4. The van der Waals surface area contributed by atoms with E-state index in [9.17, 15) is 9.59 Å². The van der Waals surface area contributed by atoms with Gasteiger partial charge >= 0.3 is 5.97 Å². The van der Waals surface area contributed by atoms with Crippen molar-refractivity contribution in [3.05, 3.63) is 0 Å². The molecule has 0 unspecified atom stereocenters. The minimum atomic E-state index is -0.856. The number of hydrogen-bond acceptors (Lipinski definition) is 3. The van der Waals surface area contributed by atoms with Crippen molar-refractivity contribution in [2.75, 3.05) is 13.2 Å². The number of rotatable bonds is 5. The Bertz CT molecular complexity index is 282. The number of amides is 1. The molecule has 1 saturated heterocycles. The lowest BCUT2D eigenvalue weighted by Crippen LogP contribution is -2.41. The van der Waals surface area contributed by atoms with Gasteiger partial charge in [0.2, 0.25) is 0 Å².